The lowest BCUT2D eigenvalue weighted by Crippen LogP contribution is -2.02. The van der Waals surface area contributed by atoms with Gasteiger partial charge in [-0.3, -0.25) is 0 Å². The number of hydrogen-bond acceptors (Lipinski definition) is 0. The zero-order valence-electron chi connectivity index (χ0n) is 24.2. The molecule has 0 saturated carbocycles. The van der Waals surface area contributed by atoms with Crippen LogP contribution in [0.5, 0.6) is 0 Å². The van der Waals surface area contributed by atoms with E-state index in [9.17, 15) is 0 Å². The van der Waals surface area contributed by atoms with Gasteiger partial charge in [0.25, 0.3) is 0 Å². The van der Waals surface area contributed by atoms with Crippen molar-refractivity contribution in [3.63, 3.8) is 0 Å². The Kier molecular flexibility index (Phi) is 7.26. The first-order chi connectivity index (χ1) is 21.3. The molecule has 0 fully saturated rings. The lowest BCUT2D eigenvalue weighted by atomic mass is 9.74. The molecule has 0 aliphatic heterocycles. The van der Waals surface area contributed by atoms with E-state index in [0.29, 0.717) is 0 Å². The Balaban J connectivity index is 1.81. The number of hydrogen-bond donors (Lipinski definition) is 0. The molecule has 7 aromatic rings. The summed E-state index contributed by atoms with van der Waals surface area (Å²) in [6, 6.07) is 63.6. The van der Waals surface area contributed by atoms with E-state index in [2.05, 4.69) is 183 Å². The van der Waals surface area contributed by atoms with E-state index in [0.717, 1.165) is 0 Å². The van der Waals surface area contributed by atoms with Gasteiger partial charge < -0.3 is 0 Å². The van der Waals surface area contributed by atoms with Crippen LogP contribution in [-0.4, -0.2) is 0 Å². The van der Waals surface area contributed by atoms with Gasteiger partial charge in [0.1, 0.15) is 0 Å². The molecular weight excluding hydrogens is 516 g/mol. The van der Waals surface area contributed by atoms with Gasteiger partial charge in [-0.15, -0.1) is 0 Å². The molecule has 0 unspecified atom stereocenters. The Labute approximate surface area is 254 Å². The minimum atomic E-state index is 1.20. The molecule has 0 heteroatoms. The van der Waals surface area contributed by atoms with Crippen LogP contribution in [0.2, 0.25) is 0 Å². The molecule has 204 valence electrons. The Hall–Kier alpha value is -5.46. The molecular formula is C43H32. The van der Waals surface area contributed by atoms with Gasteiger partial charge in [0.15, 0.2) is 0 Å². The van der Waals surface area contributed by atoms with Crippen molar-refractivity contribution in [2.45, 2.75) is 6.92 Å². The predicted octanol–water partition coefficient (Wildman–Crippen LogP) is 12.0. The summed E-state index contributed by atoms with van der Waals surface area (Å²) in [4.78, 5) is 0. The lowest BCUT2D eigenvalue weighted by Gasteiger charge is -2.28. The Morgan fingerprint density at radius 1 is 0.209 bits per heavy atom. The quantitative estimate of drug-likeness (QED) is 0.194. The average molecular weight is 549 g/mol. The molecule has 0 aliphatic rings. The molecule has 0 amide bonds. The first kappa shape index (κ1) is 26.4. The van der Waals surface area contributed by atoms with Crippen molar-refractivity contribution >= 4 is 0 Å². The monoisotopic (exact) mass is 548 g/mol. The maximum atomic E-state index is 2.29. The molecule has 0 aromatic heterocycles. The summed E-state index contributed by atoms with van der Waals surface area (Å²) in [6.07, 6.45) is 0. The minimum absolute atomic E-state index is 1.20. The van der Waals surface area contributed by atoms with Crippen LogP contribution in [0.15, 0.2) is 176 Å². The Bertz CT molecular complexity index is 1850. The third-order valence-corrected chi connectivity index (χ3v) is 8.15. The first-order valence-electron chi connectivity index (χ1n) is 14.9. The van der Waals surface area contributed by atoms with Crippen LogP contribution in [0.3, 0.4) is 0 Å². The van der Waals surface area contributed by atoms with E-state index >= 15 is 0 Å². The summed E-state index contributed by atoms with van der Waals surface area (Å²) in [5.41, 5.74) is 15.9. The fraction of sp³-hybridized carbons (Fsp3) is 0.0233. The predicted molar refractivity (Wildman–Crippen MR) is 184 cm³/mol. The van der Waals surface area contributed by atoms with E-state index in [4.69, 9.17) is 0 Å². The summed E-state index contributed by atoms with van der Waals surface area (Å²) in [5, 5.41) is 0. The second kappa shape index (κ2) is 11.8. The van der Waals surface area contributed by atoms with Crippen molar-refractivity contribution in [1.82, 2.24) is 0 Å². The molecule has 7 aromatic carbocycles. The maximum Gasteiger partial charge on any atom is -0.00139 e. The van der Waals surface area contributed by atoms with Crippen molar-refractivity contribution in [3.05, 3.63) is 181 Å². The fourth-order valence-corrected chi connectivity index (χ4v) is 6.23. The van der Waals surface area contributed by atoms with Gasteiger partial charge >= 0.3 is 0 Å². The second-order valence-corrected chi connectivity index (χ2v) is 10.9. The molecule has 0 bridgehead atoms. The third-order valence-electron chi connectivity index (χ3n) is 8.15. The Morgan fingerprint density at radius 3 is 0.605 bits per heavy atom. The van der Waals surface area contributed by atoms with Crippen molar-refractivity contribution in [3.8, 4) is 66.8 Å². The van der Waals surface area contributed by atoms with Crippen LogP contribution < -0.4 is 0 Å². The number of rotatable bonds is 6. The van der Waals surface area contributed by atoms with Gasteiger partial charge in [0.05, 0.1) is 0 Å². The van der Waals surface area contributed by atoms with Crippen LogP contribution >= 0.6 is 0 Å². The molecule has 0 aliphatic carbocycles. The van der Waals surface area contributed by atoms with Gasteiger partial charge in [-0.1, -0.05) is 181 Å². The minimum Gasteiger partial charge on any atom is -0.0622 e. The SMILES string of the molecule is Cc1ccc(-c2c(-c3ccccc3)c(-c3ccccc3)c(-c3ccccc3)c(-c3ccccc3)c2-c2ccccc2)cc1. The zero-order chi connectivity index (χ0) is 29.0. The van der Waals surface area contributed by atoms with Gasteiger partial charge in [0, 0.05) is 0 Å². The van der Waals surface area contributed by atoms with Crippen LogP contribution in [0, 0.1) is 6.92 Å². The smallest absolute Gasteiger partial charge is 0.00139 e. The van der Waals surface area contributed by atoms with E-state index in [1.54, 1.807) is 0 Å². The molecule has 0 spiro atoms. The Morgan fingerprint density at radius 2 is 0.395 bits per heavy atom. The number of benzene rings is 7. The fourth-order valence-electron chi connectivity index (χ4n) is 6.23. The molecule has 0 saturated heterocycles. The molecule has 0 radical (unpaired) electrons. The summed E-state index contributed by atoms with van der Waals surface area (Å²) in [5.74, 6) is 0. The van der Waals surface area contributed by atoms with E-state index in [-0.39, 0.29) is 0 Å². The summed E-state index contributed by atoms with van der Waals surface area (Å²) in [7, 11) is 0. The molecule has 7 rings (SSSR count). The van der Waals surface area contributed by atoms with Gasteiger partial charge in [0.2, 0.25) is 0 Å². The van der Waals surface area contributed by atoms with E-state index in [1.807, 2.05) is 0 Å². The summed E-state index contributed by atoms with van der Waals surface area (Å²) in [6.45, 7) is 2.16. The molecule has 0 atom stereocenters. The van der Waals surface area contributed by atoms with Gasteiger partial charge in [-0.2, -0.15) is 0 Å². The maximum absolute atomic E-state index is 2.29. The van der Waals surface area contributed by atoms with Gasteiger partial charge in [-0.05, 0) is 73.7 Å². The topological polar surface area (TPSA) is 0 Å². The van der Waals surface area contributed by atoms with Crippen LogP contribution in [0.25, 0.3) is 66.8 Å². The largest absolute Gasteiger partial charge is 0.0622 e. The van der Waals surface area contributed by atoms with E-state index in [1.165, 1.54) is 72.3 Å². The second-order valence-electron chi connectivity index (χ2n) is 10.9. The number of aryl methyl sites for hydroxylation is 1. The van der Waals surface area contributed by atoms with Crippen LogP contribution in [0.1, 0.15) is 5.56 Å². The van der Waals surface area contributed by atoms with Crippen molar-refractivity contribution in [1.29, 1.82) is 0 Å². The van der Waals surface area contributed by atoms with Gasteiger partial charge in [-0.25, -0.2) is 0 Å². The first-order valence-corrected chi connectivity index (χ1v) is 14.9. The lowest BCUT2D eigenvalue weighted by molar-refractivity contribution is 1.46. The highest BCUT2D eigenvalue weighted by molar-refractivity contribution is 6.15. The molecule has 0 heterocycles. The standard InChI is InChI=1S/C43H32/c1-31-27-29-37(30-28-31)43-41(35-23-13-5-14-24-35)39(33-19-9-3-10-20-33)38(32-17-7-2-8-18-32)40(34-21-11-4-12-22-34)42(43)36-25-15-6-16-26-36/h2-30H,1H3. The van der Waals surface area contributed by atoms with Crippen molar-refractivity contribution in [2.75, 3.05) is 0 Å². The third kappa shape index (κ3) is 5.09. The van der Waals surface area contributed by atoms with Crippen molar-refractivity contribution < 1.29 is 0 Å². The molecule has 0 N–H and O–H groups in total. The normalized spacial score (nSPS) is 10.9. The highest BCUT2D eigenvalue weighted by Crippen LogP contribution is 2.55. The van der Waals surface area contributed by atoms with Crippen LogP contribution in [-0.2, 0) is 0 Å². The highest BCUT2D eigenvalue weighted by Gasteiger charge is 2.28. The van der Waals surface area contributed by atoms with E-state index < -0.39 is 0 Å². The summed E-state index contributed by atoms with van der Waals surface area (Å²) < 4.78 is 0. The molecule has 0 nitrogen and oxygen atoms in total. The summed E-state index contributed by atoms with van der Waals surface area (Å²) >= 11 is 0. The van der Waals surface area contributed by atoms with Crippen LogP contribution in [0.4, 0.5) is 0 Å². The van der Waals surface area contributed by atoms with Crippen molar-refractivity contribution in [2.24, 2.45) is 0 Å². The average Bonchev–Trinajstić information content (AvgIpc) is 3.09. The molecule has 43 heavy (non-hydrogen) atoms. The highest BCUT2D eigenvalue weighted by atomic mass is 14.3. The zero-order valence-corrected chi connectivity index (χ0v) is 24.2.